The van der Waals surface area contributed by atoms with E-state index < -0.39 is 0 Å². The lowest BCUT2D eigenvalue weighted by Crippen LogP contribution is -2.11. The minimum absolute atomic E-state index is 0.347. The average molecular weight is 194 g/mol. The van der Waals surface area contributed by atoms with Crippen LogP contribution in [0.25, 0.3) is 0 Å². The van der Waals surface area contributed by atoms with E-state index in [9.17, 15) is 0 Å². The lowest BCUT2D eigenvalue weighted by molar-refractivity contribution is 0.309. The molecule has 0 aliphatic rings. The third-order valence-electron chi connectivity index (χ3n) is 1.42. The molecule has 0 amide bonds. The van der Waals surface area contributed by atoms with Crippen molar-refractivity contribution in [1.29, 1.82) is 0 Å². The number of hydrogen-bond donors (Lipinski definition) is 0. The molecule has 0 aliphatic heterocycles. The first-order valence-electron chi connectivity index (χ1n) is 4.35. The molecule has 1 heterocycles. The predicted octanol–water partition coefficient (Wildman–Crippen LogP) is 0.927. The van der Waals surface area contributed by atoms with E-state index in [1.807, 2.05) is 25.9 Å². The number of ether oxygens (including phenoxy) is 1. The van der Waals surface area contributed by atoms with E-state index in [0.29, 0.717) is 12.5 Å². The molecule has 1 rings (SSSR count). The molecule has 0 bridgehead atoms. The van der Waals surface area contributed by atoms with Crippen LogP contribution in [0.4, 0.5) is 0 Å². The van der Waals surface area contributed by atoms with Crippen molar-refractivity contribution >= 4 is 0 Å². The van der Waals surface area contributed by atoms with E-state index in [4.69, 9.17) is 9.26 Å². The molecule has 1 aromatic rings. The zero-order chi connectivity index (χ0) is 10.4. The number of nitrogens with zero attached hydrogens (tertiary/aromatic N) is 2. The normalized spacial score (nSPS) is 9.71. The van der Waals surface area contributed by atoms with Crippen LogP contribution in [0, 0.1) is 18.8 Å². The summed E-state index contributed by atoms with van der Waals surface area (Å²) in [5, 5.41) is 3.67. The summed E-state index contributed by atoms with van der Waals surface area (Å²) in [5.74, 6) is 7.06. The van der Waals surface area contributed by atoms with Crippen molar-refractivity contribution in [2.24, 2.45) is 0 Å². The Bertz CT molecular complexity index is 333. The summed E-state index contributed by atoms with van der Waals surface area (Å²) in [6.45, 7) is 2.90. The van der Waals surface area contributed by atoms with E-state index >= 15 is 0 Å². The Morgan fingerprint density at radius 2 is 2.29 bits per heavy atom. The summed E-state index contributed by atoms with van der Waals surface area (Å²) >= 11 is 0. The molecule has 76 valence electrons. The minimum Gasteiger partial charge on any atom is -0.462 e. The summed E-state index contributed by atoms with van der Waals surface area (Å²) in [6.07, 6.45) is 0. The Labute approximate surface area is 83.8 Å². The van der Waals surface area contributed by atoms with Crippen molar-refractivity contribution in [2.75, 3.05) is 27.2 Å². The Balaban J connectivity index is 2.23. The van der Waals surface area contributed by atoms with Gasteiger partial charge in [0.2, 0.25) is 0 Å². The molecule has 0 fully saturated rings. The molecular formula is C10H14N2O2. The van der Waals surface area contributed by atoms with Gasteiger partial charge in [0.1, 0.15) is 5.76 Å². The van der Waals surface area contributed by atoms with Gasteiger partial charge >= 0.3 is 0 Å². The summed E-state index contributed by atoms with van der Waals surface area (Å²) in [4.78, 5) is 1.99. The molecule has 0 N–H and O–H groups in total. The van der Waals surface area contributed by atoms with Crippen molar-refractivity contribution in [3.63, 3.8) is 0 Å². The third-order valence-corrected chi connectivity index (χ3v) is 1.42. The molecular weight excluding hydrogens is 180 g/mol. The summed E-state index contributed by atoms with van der Waals surface area (Å²) < 4.78 is 10.0. The fourth-order valence-electron chi connectivity index (χ4n) is 0.787. The maximum absolute atomic E-state index is 5.21. The fraction of sp³-hybridized carbons (Fsp3) is 0.500. The zero-order valence-electron chi connectivity index (χ0n) is 8.70. The summed E-state index contributed by atoms with van der Waals surface area (Å²) in [5.41, 5.74) is 0. The summed E-state index contributed by atoms with van der Waals surface area (Å²) in [6, 6.07) is 1.73. The second-order valence-electron chi connectivity index (χ2n) is 3.16. The maximum atomic E-state index is 5.21. The van der Waals surface area contributed by atoms with Gasteiger partial charge in [-0.1, -0.05) is 11.8 Å². The number of aryl methyl sites for hydroxylation is 1. The van der Waals surface area contributed by atoms with Crippen molar-refractivity contribution < 1.29 is 9.26 Å². The van der Waals surface area contributed by atoms with Crippen LogP contribution in [0.1, 0.15) is 5.76 Å². The van der Waals surface area contributed by atoms with Crippen LogP contribution in [0.3, 0.4) is 0 Å². The zero-order valence-corrected chi connectivity index (χ0v) is 8.70. The molecule has 0 aromatic carbocycles. The highest BCUT2D eigenvalue weighted by molar-refractivity contribution is 5.11. The molecule has 0 saturated heterocycles. The molecule has 1 aromatic heterocycles. The van der Waals surface area contributed by atoms with Crippen LogP contribution < -0.4 is 4.74 Å². The topological polar surface area (TPSA) is 38.5 Å². The van der Waals surface area contributed by atoms with Gasteiger partial charge in [0.05, 0.1) is 6.54 Å². The van der Waals surface area contributed by atoms with Gasteiger partial charge in [0.15, 0.2) is 6.61 Å². The highest BCUT2D eigenvalue weighted by atomic mass is 16.5. The van der Waals surface area contributed by atoms with Crippen molar-refractivity contribution in [3.05, 3.63) is 11.8 Å². The monoisotopic (exact) mass is 194 g/mol. The Morgan fingerprint density at radius 3 is 2.86 bits per heavy atom. The van der Waals surface area contributed by atoms with Gasteiger partial charge in [0, 0.05) is 6.07 Å². The van der Waals surface area contributed by atoms with Gasteiger partial charge in [-0.3, -0.25) is 4.90 Å². The molecule has 0 spiro atoms. The van der Waals surface area contributed by atoms with Crippen LogP contribution in [-0.4, -0.2) is 37.3 Å². The summed E-state index contributed by atoms with van der Waals surface area (Å²) in [7, 11) is 3.94. The lowest BCUT2D eigenvalue weighted by atomic mass is 10.5. The molecule has 14 heavy (non-hydrogen) atoms. The van der Waals surface area contributed by atoms with Gasteiger partial charge < -0.3 is 9.26 Å². The second kappa shape index (κ2) is 5.30. The van der Waals surface area contributed by atoms with E-state index in [2.05, 4.69) is 17.0 Å². The number of hydrogen-bond acceptors (Lipinski definition) is 4. The van der Waals surface area contributed by atoms with E-state index in [0.717, 1.165) is 12.3 Å². The van der Waals surface area contributed by atoms with Gasteiger partial charge in [-0.25, -0.2) is 0 Å². The standard InChI is InChI=1S/C10H14N2O2/c1-9-8-10(11-14-9)13-7-5-4-6-12(2)3/h8H,6-7H2,1-3H3. The highest BCUT2D eigenvalue weighted by Gasteiger charge is 1.97. The highest BCUT2D eigenvalue weighted by Crippen LogP contribution is 2.08. The van der Waals surface area contributed by atoms with Gasteiger partial charge in [0.25, 0.3) is 5.88 Å². The first kappa shape index (κ1) is 10.6. The quantitative estimate of drug-likeness (QED) is 0.671. The Morgan fingerprint density at radius 1 is 1.50 bits per heavy atom. The van der Waals surface area contributed by atoms with E-state index in [1.165, 1.54) is 0 Å². The molecule has 4 heteroatoms. The molecule has 0 unspecified atom stereocenters. The average Bonchev–Trinajstić information content (AvgIpc) is 2.50. The van der Waals surface area contributed by atoms with Gasteiger partial charge in [-0.2, -0.15) is 0 Å². The SMILES string of the molecule is Cc1cc(OCC#CCN(C)C)no1. The van der Waals surface area contributed by atoms with E-state index in [-0.39, 0.29) is 0 Å². The fourth-order valence-corrected chi connectivity index (χ4v) is 0.787. The predicted molar refractivity (Wildman–Crippen MR) is 53.1 cm³/mol. The van der Waals surface area contributed by atoms with Crippen molar-refractivity contribution in [1.82, 2.24) is 10.1 Å². The van der Waals surface area contributed by atoms with E-state index in [1.54, 1.807) is 6.07 Å². The van der Waals surface area contributed by atoms with Crippen molar-refractivity contribution in [3.8, 4) is 17.7 Å². The molecule has 0 aliphatic carbocycles. The third kappa shape index (κ3) is 3.97. The number of aromatic nitrogens is 1. The largest absolute Gasteiger partial charge is 0.462 e. The van der Waals surface area contributed by atoms with Crippen LogP contribution in [0.15, 0.2) is 10.6 Å². The van der Waals surface area contributed by atoms with Crippen molar-refractivity contribution in [2.45, 2.75) is 6.92 Å². The maximum Gasteiger partial charge on any atom is 0.255 e. The Kier molecular flexibility index (Phi) is 4.02. The molecule has 0 saturated carbocycles. The number of rotatable bonds is 3. The smallest absolute Gasteiger partial charge is 0.255 e. The minimum atomic E-state index is 0.347. The van der Waals surface area contributed by atoms with Gasteiger partial charge in [-0.05, 0) is 26.2 Å². The first-order valence-corrected chi connectivity index (χ1v) is 4.35. The van der Waals surface area contributed by atoms with Crippen LogP contribution in [0.5, 0.6) is 5.88 Å². The molecule has 4 nitrogen and oxygen atoms in total. The lowest BCUT2D eigenvalue weighted by Gasteiger charge is -2.00. The van der Waals surface area contributed by atoms with Crippen LogP contribution in [0.2, 0.25) is 0 Å². The second-order valence-corrected chi connectivity index (χ2v) is 3.16. The van der Waals surface area contributed by atoms with Crippen LogP contribution in [-0.2, 0) is 0 Å². The molecule has 0 atom stereocenters. The van der Waals surface area contributed by atoms with Crippen LogP contribution >= 0.6 is 0 Å². The van der Waals surface area contributed by atoms with Gasteiger partial charge in [-0.15, -0.1) is 0 Å². The Hall–Kier alpha value is -1.47. The molecule has 0 radical (unpaired) electrons. The first-order chi connectivity index (χ1) is 6.68.